The molecule has 0 saturated heterocycles. The number of nitrogens with two attached hydrogens (primary N) is 1. The summed E-state index contributed by atoms with van der Waals surface area (Å²) >= 11 is 5.63. The maximum atomic E-state index is 12.1. The highest BCUT2D eigenvalue weighted by molar-refractivity contribution is 14.1. The topological polar surface area (TPSA) is 55.1 Å². The van der Waals surface area contributed by atoms with Gasteiger partial charge in [0.2, 0.25) is 5.91 Å². The number of carbonyl (C=O) groups is 1. The van der Waals surface area contributed by atoms with Crippen molar-refractivity contribution in [3.63, 3.8) is 0 Å². The summed E-state index contributed by atoms with van der Waals surface area (Å²) in [6, 6.07) is 5.82. The van der Waals surface area contributed by atoms with Crippen LogP contribution in [0.3, 0.4) is 0 Å². The predicted molar refractivity (Wildman–Crippen MR) is 80.8 cm³/mol. The molecule has 92 valence electrons. The molecule has 0 aliphatic heterocycles. The van der Waals surface area contributed by atoms with Crippen molar-refractivity contribution in [2.45, 2.75) is 25.3 Å². The second-order valence-corrected chi connectivity index (χ2v) is 6.74. The number of anilines is 1. The summed E-state index contributed by atoms with van der Waals surface area (Å²) in [5.74, 6) is 0.215. The van der Waals surface area contributed by atoms with Crippen LogP contribution in [0.5, 0.6) is 0 Å². The van der Waals surface area contributed by atoms with Gasteiger partial charge >= 0.3 is 0 Å². The molecule has 3 N–H and O–H groups in total. The van der Waals surface area contributed by atoms with Crippen LogP contribution in [-0.2, 0) is 4.79 Å². The minimum atomic E-state index is -0.763. The maximum Gasteiger partial charge on any atom is 0.244 e. The number of halogens is 2. The summed E-state index contributed by atoms with van der Waals surface area (Å²) < 4.78 is 1.95. The molecule has 2 rings (SSSR count). The van der Waals surface area contributed by atoms with Crippen LogP contribution in [0.2, 0.25) is 0 Å². The third kappa shape index (κ3) is 3.00. The first kappa shape index (κ1) is 13.3. The molecular formula is C12H14BrIN2O. The number of amides is 1. The molecule has 1 amide bonds. The van der Waals surface area contributed by atoms with Crippen LogP contribution in [0.4, 0.5) is 5.69 Å². The monoisotopic (exact) mass is 408 g/mol. The quantitative estimate of drug-likeness (QED) is 0.755. The predicted octanol–water partition coefficient (Wildman–Crippen LogP) is 3.12. The minimum Gasteiger partial charge on any atom is -0.323 e. The third-order valence-corrected chi connectivity index (χ3v) is 4.45. The average molecular weight is 409 g/mol. The maximum absolute atomic E-state index is 12.1. The molecule has 0 radical (unpaired) electrons. The van der Waals surface area contributed by atoms with Gasteiger partial charge < -0.3 is 11.1 Å². The second-order valence-electron chi connectivity index (χ2n) is 4.64. The smallest absolute Gasteiger partial charge is 0.244 e. The fourth-order valence-electron chi connectivity index (χ4n) is 1.72. The van der Waals surface area contributed by atoms with Crippen molar-refractivity contribution in [2.24, 2.45) is 11.7 Å². The van der Waals surface area contributed by atoms with Crippen LogP contribution in [0.15, 0.2) is 22.7 Å². The van der Waals surface area contributed by atoms with E-state index in [9.17, 15) is 4.79 Å². The molecule has 3 nitrogen and oxygen atoms in total. The number of carbonyl (C=O) groups excluding carboxylic acids is 1. The molecule has 1 saturated carbocycles. The lowest BCUT2D eigenvalue weighted by molar-refractivity contribution is -0.121. The van der Waals surface area contributed by atoms with Gasteiger partial charge in [-0.2, -0.15) is 0 Å². The second kappa shape index (κ2) is 4.85. The Hall–Kier alpha value is -0.140. The highest BCUT2D eigenvalue weighted by Crippen LogP contribution is 2.39. The Bertz CT molecular complexity index is 458. The van der Waals surface area contributed by atoms with E-state index in [-0.39, 0.29) is 5.91 Å². The van der Waals surface area contributed by atoms with E-state index in [4.69, 9.17) is 5.73 Å². The largest absolute Gasteiger partial charge is 0.323 e. The first-order valence-corrected chi connectivity index (χ1v) is 7.34. The molecule has 17 heavy (non-hydrogen) atoms. The zero-order chi connectivity index (χ0) is 12.6. The van der Waals surface area contributed by atoms with Crippen LogP contribution in [-0.4, -0.2) is 11.4 Å². The van der Waals surface area contributed by atoms with Gasteiger partial charge in [0.15, 0.2) is 0 Å². The zero-order valence-corrected chi connectivity index (χ0v) is 13.2. The minimum absolute atomic E-state index is 0.109. The molecule has 1 unspecified atom stereocenters. The highest BCUT2D eigenvalue weighted by atomic mass is 127. The standard InChI is InChI=1S/C12H14BrIN2O/c1-12(15,7-2-3-7)11(17)16-10-6-8(14)4-5-9(10)13/h4-7H,2-3,15H2,1H3,(H,16,17). The number of nitrogens with one attached hydrogen (secondary N) is 1. The van der Waals surface area contributed by atoms with Crippen molar-refractivity contribution in [3.05, 3.63) is 26.2 Å². The van der Waals surface area contributed by atoms with Crippen LogP contribution < -0.4 is 11.1 Å². The van der Waals surface area contributed by atoms with E-state index in [1.54, 1.807) is 0 Å². The van der Waals surface area contributed by atoms with Crippen molar-refractivity contribution in [3.8, 4) is 0 Å². The lowest BCUT2D eigenvalue weighted by atomic mass is 9.96. The molecule has 0 heterocycles. The van der Waals surface area contributed by atoms with Crippen molar-refractivity contribution in [2.75, 3.05) is 5.32 Å². The third-order valence-electron chi connectivity index (χ3n) is 3.09. The summed E-state index contributed by atoms with van der Waals surface area (Å²) in [6.07, 6.45) is 2.10. The van der Waals surface area contributed by atoms with E-state index in [1.165, 1.54) is 0 Å². The van der Waals surface area contributed by atoms with Crippen LogP contribution in [0, 0.1) is 9.49 Å². The summed E-state index contributed by atoms with van der Waals surface area (Å²) in [6.45, 7) is 1.81. The Labute approximate surface area is 123 Å². The van der Waals surface area contributed by atoms with Crippen molar-refractivity contribution >= 4 is 50.1 Å². The summed E-state index contributed by atoms with van der Waals surface area (Å²) in [5, 5.41) is 2.90. The Balaban J connectivity index is 2.15. The first-order valence-electron chi connectivity index (χ1n) is 5.46. The van der Waals surface area contributed by atoms with Crippen LogP contribution >= 0.6 is 38.5 Å². The van der Waals surface area contributed by atoms with E-state index >= 15 is 0 Å². The molecular weight excluding hydrogens is 395 g/mol. The van der Waals surface area contributed by atoms with Gasteiger partial charge in [-0.3, -0.25) is 4.79 Å². The Morgan fingerprint density at radius 1 is 1.59 bits per heavy atom. The van der Waals surface area contributed by atoms with Gasteiger partial charge in [-0.25, -0.2) is 0 Å². The van der Waals surface area contributed by atoms with E-state index in [1.807, 2.05) is 25.1 Å². The number of hydrogen-bond donors (Lipinski definition) is 2. The van der Waals surface area contributed by atoms with E-state index in [2.05, 4.69) is 43.8 Å². The van der Waals surface area contributed by atoms with E-state index in [0.29, 0.717) is 5.92 Å². The number of benzene rings is 1. The lowest BCUT2D eigenvalue weighted by Crippen LogP contribution is -2.50. The van der Waals surface area contributed by atoms with Gasteiger partial charge in [0.05, 0.1) is 11.2 Å². The van der Waals surface area contributed by atoms with Gasteiger partial charge in [0.1, 0.15) is 0 Å². The zero-order valence-electron chi connectivity index (χ0n) is 9.47. The van der Waals surface area contributed by atoms with Gasteiger partial charge in [-0.1, -0.05) is 0 Å². The molecule has 1 aliphatic carbocycles. The van der Waals surface area contributed by atoms with E-state index < -0.39 is 5.54 Å². The Morgan fingerprint density at radius 2 is 2.24 bits per heavy atom. The van der Waals surface area contributed by atoms with Gasteiger partial charge in [-0.15, -0.1) is 0 Å². The van der Waals surface area contributed by atoms with Gasteiger partial charge in [-0.05, 0) is 82.4 Å². The van der Waals surface area contributed by atoms with Gasteiger partial charge in [0, 0.05) is 8.04 Å². The summed E-state index contributed by atoms with van der Waals surface area (Å²) in [4.78, 5) is 12.1. The molecule has 0 aromatic heterocycles. The SMILES string of the molecule is CC(N)(C(=O)Nc1cc(I)ccc1Br)C1CC1. The van der Waals surface area contributed by atoms with Crippen LogP contribution in [0.25, 0.3) is 0 Å². The molecule has 1 aromatic carbocycles. The molecule has 1 aliphatic rings. The normalized spacial score (nSPS) is 18.6. The van der Waals surface area contributed by atoms with Crippen LogP contribution in [0.1, 0.15) is 19.8 Å². The first-order chi connectivity index (χ1) is 7.91. The number of hydrogen-bond acceptors (Lipinski definition) is 2. The fourth-order valence-corrected chi connectivity index (χ4v) is 2.56. The summed E-state index contributed by atoms with van der Waals surface area (Å²) in [7, 11) is 0. The van der Waals surface area contributed by atoms with E-state index in [0.717, 1.165) is 26.6 Å². The Morgan fingerprint density at radius 3 is 2.82 bits per heavy atom. The molecule has 1 fully saturated rings. The lowest BCUT2D eigenvalue weighted by Gasteiger charge is -2.23. The van der Waals surface area contributed by atoms with Crippen molar-refractivity contribution in [1.82, 2.24) is 0 Å². The Kier molecular flexibility index (Phi) is 3.80. The fraction of sp³-hybridized carbons (Fsp3) is 0.417. The van der Waals surface area contributed by atoms with Crippen molar-refractivity contribution < 1.29 is 4.79 Å². The molecule has 0 bridgehead atoms. The molecule has 1 atom stereocenters. The number of rotatable bonds is 3. The summed E-state index contributed by atoms with van der Waals surface area (Å²) in [5.41, 5.74) is 6.09. The molecule has 5 heteroatoms. The van der Waals surface area contributed by atoms with Crippen molar-refractivity contribution in [1.29, 1.82) is 0 Å². The average Bonchev–Trinajstić information content (AvgIpc) is 3.07. The van der Waals surface area contributed by atoms with Gasteiger partial charge in [0.25, 0.3) is 0 Å². The molecule has 1 aromatic rings. The highest BCUT2D eigenvalue weighted by Gasteiger charge is 2.44. The molecule has 0 spiro atoms.